The van der Waals surface area contributed by atoms with Crippen molar-refractivity contribution in [3.63, 3.8) is 0 Å². The fraction of sp³-hybridized carbons (Fsp3) is 0.938. The monoisotopic (exact) mass is 317 g/mol. The summed E-state index contributed by atoms with van der Waals surface area (Å²) in [6.45, 7) is 13.6. The van der Waals surface area contributed by atoms with Crippen molar-refractivity contribution in [2.75, 3.05) is 59.7 Å². The molecule has 0 aromatic heterocycles. The lowest BCUT2D eigenvalue weighted by molar-refractivity contribution is -0.122. The van der Waals surface area contributed by atoms with Crippen LogP contribution < -0.4 is 10.6 Å². The smallest absolute Gasteiger partial charge is 0.234 e. The van der Waals surface area contributed by atoms with Gasteiger partial charge in [-0.15, -0.1) is 0 Å². The van der Waals surface area contributed by atoms with Gasteiger partial charge in [-0.2, -0.15) is 0 Å². The molecule has 0 aromatic rings. The van der Waals surface area contributed by atoms with Crippen LogP contribution in [-0.4, -0.2) is 76.5 Å². The van der Waals surface area contributed by atoms with Crippen molar-refractivity contribution < 1.29 is 14.3 Å². The van der Waals surface area contributed by atoms with E-state index in [1.54, 1.807) is 0 Å². The van der Waals surface area contributed by atoms with Gasteiger partial charge in [-0.1, -0.05) is 27.7 Å². The molecule has 0 bridgehead atoms. The average molecular weight is 317 g/mol. The maximum Gasteiger partial charge on any atom is 0.234 e. The van der Waals surface area contributed by atoms with Gasteiger partial charge in [0, 0.05) is 25.7 Å². The summed E-state index contributed by atoms with van der Waals surface area (Å²) in [7, 11) is 1.96. The van der Waals surface area contributed by atoms with E-state index in [4.69, 9.17) is 9.47 Å². The molecule has 0 spiro atoms. The number of nitrogens with zero attached hydrogens (tertiary/aromatic N) is 1. The van der Waals surface area contributed by atoms with Crippen molar-refractivity contribution in [2.24, 2.45) is 5.92 Å². The minimum Gasteiger partial charge on any atom is -0.378 e. The number of hydrogen-bond acceptors (Lipinski definition) is 5. The van der Waals surface area contributed by atoms with Crippen molar-refractivity contribution in [3.8, 4) is 0 Å². The highest BCUT2D eigenvalue weighted by Gasteiger charge is 2.07. The molecule has 0 heterocycles. The molecule has 0 rings (SSSR count). The summed E-state index contributed by atoms with van der Waals surface area (Å²) in [4.78, 5) is 13.7. The third kappa shape index (κ3) is 15.7. The largest absolute Gasteiger partial charge is 0.378 e. The maximum absolute atomic E-state index is 11.7. The highest BCUT2D eigenvalue weighted by molar-refractivity contribution is 5.77. The van der Waals surface area contributed by atoms with Crippen molar-refractivity contribution >= 4 is 5.91 Å². The Hall–Kier alpha value is -0.690. The van der Waals surface area contributed by atoms with Gasteiger partial charge < -0.3 is 20.1 Å². The molecule has 0 saturated carbocycles. The number of ether oxygens (including phenoxy) is 2. The number of carbonyl (C=O) groups is 1. The second kappa shape index (κ2) is 13.9. The quantitative estimate of drug-likeness (QED) is 0.462. The van der Waals surface area contributed by atoms with E-state index in [0.717, 1.165) is 13.1 Å². The van der Waals surface area contributed by atoms with Gasteiger partial charge in [0.05, 0.1) is 33.0 Å². The Bertz CT molecular complexity index is 273. The molecule has 22 heavy (non-hydrogen) atoms. The Labute approximate surface area is 135 Å². The molecule has 0 aliphatic carbocycles. The first-order chi connectivity index (χ1) is 10.4. The molecule has 0 saturated heterocycles. The number of nitrogens with one attached hydrogen (secondary N) is 2. The Morgan fingerprint density at radius 1 is 1.00 bits per heavy atom. The van der Waals surface area contributed by atoms with Crippen molar-refractivity contribution in [1.29, 1.82) is 0 Å². The molecule has 6 heteroatoms. The number of carbonyl (C=O) groups excluding carboxylic acids is 1. The standard InChI is InChI=1S/C16H35N3O3/c1-14(2)12-19(5)13-16(20)18-7-9-22-11-10-21-8-6-17-15(3)4/h14-15,17H,6-13H2,1-5H3,(H,18,20). The second-order valence-electron chi connectivity index (χ2n) is 6.27. The minimum absolute atomic E-state index is 0.0442. The average Bonchev–Trinajstić information content (AvgIpc) is 2.39. The highest BCUT2D eigenvalue weighted by Crippen LogP contribution is 1.94. The maximum atomic E-state index is 11.7. The first-order valence-electron chi connectivity index (χ1n) is 8.26. The van der Waals surface area contributed by atoms with Gasteiger partial charge in [0.25, 0.3) is 0 Å². The summed E-state index contributed by atoms with van der Waals surface area (Å²) in [5.41, 5.74) is 0. The Balaban J connectivity index is 3.30. The van der Waals surface area contributed by atoms with E-state index < -0.39 is 0 Å². The molecular formula is C16H35N3O3. The van der Waals surface area contributed by atoms with Crippen molar-refractivity contribution in [3.05, 3.63) is 0 Å². The van der Waals surface area contributed by atoms with Gasteiger partial charge in [-0.05, 0) is 13.0 Å². The molecule has 2 N–H and O–H groups in total. The predicted octanol–water partition coefficient (Wildman–Crippen LogP) is 0.722. The Morgan fingerprint density at radius 2 is 1.59 bits per heavy atom. The minimum atomic E-state index is 0.0442. The van der Waals surface area contributed by atoms with Crippen LogP contribution in [0.1, 0.15) is 27.7 Å². The van der Waals surface area contributed by atoms with E-state index in [2.05, 4.69) is 38.3 Å². The zero-order valence-electron chi connectivity index (χ0n) is 15.0. The molecule has 1 amide bonds. The van der Waals surface area contributed by atoms with Crippen LogP contribution >= 0.6 is 0 Å². The second-order valence-corrected chi connectivity index (χ2v) is 6.27. The predicted molar refractivity (Wildman–Crippen MR) is 90.1 cm³/mol. The summed E-state index contributed by atoms with van der Waals surface area (Å²) in [5.74, 6) is 0.611. The van der Waals surface area contributed by atoms with Crippen LogP contribution in [-0.2, 0) is 14.3 Å². The van der Waals surface area contributed by atoms with Gasteiger partial charge in [0.2, 0.25) is 5.91 Å². The number of hydrogen-bond donors (Lipinski definition) is 2. The Kier molecular flexibility index (Phi) is 13.5. The van der Waals surface area contributed by atoms with E-state index in [1.165, 1.54) is 0 Å². The molecule has 0 aliphatic rings. The SMILES string of the molecule is CC(C)CN(C)CC(=O)NCCOCCOCCNC(C)C. The van der Waals surface area contributed by atoms with Crippen LogP contribution in [0, 0.1) is 5.92 Å². The summed E-state index contributed by atoms with van der Waals surface area (Å²) >= 11 is 0. The van der Waals surface area contributed by atoms with Crippen LogP contribution in [0.15, 0.2) is 0 Å². The molecule has 0 atom stereocenters. The fourth-order valence-corrected chi connectivity index (χ4v) is 1.99. The van der Waals surface area contributed by atoms with Crippen LogP contribution in [0.4, 0.5) is 0 Å². The Morgan fingerprint density at radius 3 is 2.14 bits per heavy atom. The van der Waals surface area contributed by atoms with E-state index in [-0.39, 0.29) is 5.91 Å². The molecule has 132 valence electrons. The summed E-state index contributed by atoms with van der Waals surface area (Å²) < 4.78 is 10.8. The molecule has 0 fully saturated rings. The zero-order valence-corrected chi connectivity index (χ0v) is 15.0. The first-order valence-corrected chi connectivity index (χ1v) is 8.26. The molecule has 0 radical (unpaired) electrons. The summed E-state index contributed by atoms with van der Waals surface area (Å²) in [6.07, 6.45) is 0. The van der Waals surface area contributed by atoms with E-state index in [9.17, 15) is 4.79 Å². The zero-order chi connectivity index (χ0) is 16.8. The number of rotatable bonds is 14. The van der Waals surface area contributed by atoms with Gasteiger partial charge in [-0.25, -0.2) is 0 Å². The van der Waals surface area contributed by atoms with Gasteiger partial charge in [0.1, 0.15) is 0 Å². The van der Waals surface area contributed by atoms with Crippen LogP contribution in [0.3, 0.4) is 0 Å². The summed E-state index contributed by atoms with van der Waals surface area (Å²) in [6, 6.07) is 0.489. The van der Waals surface area contributed by atoms with E-state index in [1.807, 2.05) is 11.9 Å². The summed E-state index contributed by atoms with van der Waals surface area (Å²) in [5, 5.41) is 6.13. The van der Waals surface area contributed by atoms with Crippen LogP contribution in [0.5, 0.6) is 0 Å². The lowest BCUT2D eigenvalue weighted by Crippen LogP contribution is -2.38. The molecule has 0 unspecified atom stereocenters. The fourth-order valence-electron chi connectivity index (χ4n) is 1.99. The van der Waals surface area contributed by atoms with Crippen LogP contribution in [0.2, 0.25) is 0 Å². The molecule has 0 aliphatic heterocycles. The topological polar surface area (TPSA) is 62.8 Å². The first kappa shape index (κ1) is 21.3. The van der Waals surface area contributed by atoms with E-state index in [0.29, 0.717) is 51.5 Å². The van der Waals surface area contributed by atoms with Crippen molar-refractivity contribution in [1.82, 2.24) is 15.5 Å². The molecule has 6 nitrogen and oxygen atoms in total. The lowest BCUT2D eigenvalue weighted by Gasteiger charge is -2.18. The lowest BCUT2D eigenvalue weighted by atomic mass is 10.2. The highest BCUT2D eigenvalue weighted by atomic mass is 16.5. The van der Waals surface area contributed by atoms with Gasteiger partial charge in [0.15, 0.2) is 0 Å². The van der Waals surface area contributed by atoms with Gasteiger partial charge >= 0.3 is 0 Å². The molecular weight excluding hydrogens is 282 g/mol. The third-order valence-electron chi connectivity index (χ3n) is 2.83. The number of likely N-dealkylation sites (N-methyl/N-ethyl adjacent to an activating group) is 1. The normalized spacial score (nSPS) is 11.6. The number of amides is 1. The third-order valence-corrected chi connectivity index (χ3v) is 2.83. The molecule has 0 aromatic carbocycles. The van der Waals surface area contributed by atoms with Crippen LogP contribution in [0.25, 0.3) is 0 Å². The van der Waals surface area contributed by atoms with E-state index >= 15 is 0 Å². The van der Waals surface area contributed by atoms with Gasteiger partial charge in [-0.3, -0.25) is 9.69 Å². The van der Waals surface area contributed by atoms with Crippen molar-refractivity contribution in [2.45, 2.75) is 33.7 Å².